The van der Waals surface area contributed by atoms with Crippen molar-refractivity contribution in [3.05, 3.63) is 52.7 Å². The standard InChI is InChI=1S/C21H23N3O4.C2H6/c1-2-3-18-16-9-17(20(26)10-19(16)23-22-18)21(27)24-11-13-4-5-15(28-7-6-25)8-14(13)12-24;1-2/h4-5,8-10,25-26H,2-3,6-7,11-12H2,1H3,(H,22,23);1-2H3. The van der Waals surface area contributed by atoms with E-state index in [9.17, 15) is 9.90 Å². The molecule has 3 aromatic rings. The fourth-order valence-electron chi connectivity index (χ4n) is 3.64. The van der Waals surface area contributed by atoms with Gasteiger partial charge in [0.25, 0.3) is 5.91 Å². The van der Waals surface area contributed by atoms with Crippen LogP contribution in [0.1, 0.15) is 54.4 Å². The molecule has 7 nitrogen and oxygen atoms in total. The topological polar surface area (TPSA) is 98.7 Å². The lowest BCUT2D eigenvalue weighted by Gasteiger charge is -2.16. The zero-order valence-corrected chi connectivity index (χ0v) is 17.7. The number of carbonyl (C=O) groups excluding carboxylic acids is 1. The van der Waals surface area contributed by atoms with Crippen molar-refractivity contribution < 1.29 is 19.7 Å². The number of rotatable bonds is 6. The molecule has 0 spiro atoms. The van der Waals surface area contributed by atoms with Crippen LogP contribution in [0.5, 0.6) is 11.5 Å². The highest BCUT2D eigenvalue weighted by molar-refractivity contribution is 6.01. The predicted molar refractivity (Wildman–Crippen MR) is 116 cm³/mol. The predicted octanol–water partition coefficient (Wildman–Crippen LogP) is 3.77. The summed E-state index contributed by atoms with van der Waals surface area (Å²) in [4.78, 5) is 14.8. The molecule has 0 radical (unpaired) electrons. The van der Waals surface area contributed by atoms with Gasteiger partial charge in [0.2, 0.25) is 0 Å². The zero-order valence-electron chi connectivity index (χ0n) is 17.7. The first-order chi connectivity index (χ1) is 14.6. The van der Waals surface area contributed by atoms with E-state index in [1.807, 2.05) is 32.0 Å². The summed E-state index contributed by atoms with van der Waals surface area (Å²) in [5.41, 5.74) is 3.99. The Morgan fingerprint density at radius 2 is 1.97 bits per heavy atom. The number of phenols is 1. The van der Waals surface area contributed by atoms with Crippen LogP contribution >= 0.6 is 0 Å². The Hall–Kier alpha value is -3.06. The van der Waals surface area contributed by atoms with Crippen molar-refractivity contribution in [3.63, 3.8) is 0 Å². The SMILES string of the molecule is CC.CCCc1n[nH]c2cc(O)c(C(=O)N3Cc4ccc(OCCO)cc4C3)cc12. The van der Waals surface area contributed by atoms with Crippen molar-refractivity contribution in [1.29, 1.82) is 0 Å². The molecule has 2 heterocycles. The minimum Gasteiger partial charge on any atom is -0.507 e. The fraction of sp³-hybridized carbons (Fsp3) is 0.391. The van der Waals surface area contributed by atoms with Crippen LogP contribution in [0.3, 0.4) is 0 Å². The second kappa shape index (κ2) is 9.63. The number of phenolic OH excluding ortho intramolecular Hbond substituents is 1. The van der Waals surface area contributed by atoms with Crippen molar-refractivity contribution in [1.82, 2.24) is 15.1 Å². The van der Waals surface area contributed by atoms with Crippen LogP contribution in [0.4, 0.5) is 0 Å². The monoisotopic (exact) mass is 411 g/mol. The number of aromatic amines is 1. The lowest BCUT2D eigenvalue weighted by molar-refractivity contribution is 0.0748. The number of H-pyrrole nitrogens is 1. The van der Waals surface area contributed by atoms with Crippen LogP contribution in [0.25, 0.3) is 10.9 Å². The number of hydrogen-bond acceptors (Lipinski definition) is 5. The van der Waals surface area contributed by atoms with Crippen LogP contribution in [0.2, 0.25) is 0 Å². The van der Waals surface area contributed by atoms with Crippen molar-refractivity contribution in [2.24, 2.45) is 0 Å². The first kappa shape index (κ1) is 21.6. The number of ether oxygens (including phenoxy) is 1. The van der Waals surface area contributed by atoms with E-state index in [1.165, 1.54) is 0 Å². The molecule has 1 aliphatic rings. The molecule has 0 atom stereocenters. The number of aromatic hydroxyl groups is 1. The van der Waals surface area contributed by atoms with Crippen LogP contribution in [-0.4, -0.2) is 44.4 Å². The van der Waals surface area contributed by atoms with Crippen molar-refractivity contribution in [2.45, 2.75) is 46.7 Å². The zero-order chi connectivity index (χ0) is 21.7. The number of nitrogens with zero attached hydrogens (tertiary/aromatic N) is 2. The normalized spacial score (nSPS) is 12.5. The Bertz CT molecular complexity index is 1030. The summed E-state index contributed by atoms with van der Waals surface area (Å²) < 4.78 is 5.45. The molecular formula is C23H29N3O4. The first-order valence-electron chi connectivity index (χ1n) is 10.5. The molecule has 7 heteroatoms. The van der Waals surface area contributed by atoms with E-state index < -0.39 is 0 Å². The molecule has 1 aromatic heterocycles. The largest absolute Gasteiger partial charge is 0.507 e. The summed E-state index contributed by atoms with van der Waals surface area (Å²) >= 11 is 0. The molecule has 1 aliphatic heterocycles. The fourth-order valence-corrected chi connectivity index (χ4v) is 3.64. The maximum Gasteiger partial charge on any atom is 0.258 e. The number of nitrogens with one attached hydrogen (secondary N) is 1. The Balaban J connectivity index is 0.00000124. The Labute approximate surface area is 176 Å². The molecule has 4 rings (SSSR count). The highest BCUT2D eigenvalue weighted by Gasteiger charge is 2.27. The summed E-state index contributed by atoms with van der Waals surface area (Å²) in [6.45, 7) is 7.21. The van der Waals surface area contributed by atoms with E-state index in [0.717, 1.165) is 40.6 Å². The highest BCUT2D eigenvalue weighted by Crippen LogP contribution is 2.32. The number of fused-ring (bicyclic) bond motifs is 2. The summed E-state index contributed by atoms with van der Waals surface area (Å²) in [7, 11) is 0. The third kappa shape index (κ3) is 4.26. The van der Waals surface area contributed by atoms with Gasteiger partial charge in [0, 0.05) is 24.5 Å². The van der Waals surface area contributed by atoms with E-state index in [2.05, 4.69) is 17.1 Å². The molecule has 0 bridgehead atoms. The Kier molecular flexibility index (Phi) is 6.95. The van der Waals surface area contributed by atoms with E-state index in [4.69, 9.17) is 9.84 Å². The maximum absolute atomic E-state index is 13.1. The molecular weight excluding hydrogens is 382 g/mol. The molecule has 1 amide bonds. The molecule has 30 heavy (non-hydrogen) atoms. The quantitative estimate of drug-likeness (QED) is 0.573. The number of aliphatic hydroxyl groups is 1. The average Bonchev–Trinajstić information content (AvgIpc) is 3.36. The molecule has 3 N–H and O–H groups in total. The highest BCUT2D eigenvalue weighted by atomic mass is 16.5. The van der Waals surface area contributed by atoms with Crippen LogP contribution in [0.15, 0.2) is 30.3 Å². The van der Waals surface area contributed by atoms with E-state index >= 15 is 0 Å². The molecule has 0 aliphatic carbocycles. The van der Waals surface area contributed by atoms with Crippen molar-refractivity contribution in [3.8, 4) is 11.5 Å². The van der Waals surface area contributed by atoms with Gasteiger partial charge in [-0.15, -0.1) is 0 Å². The van der Waals surface area contributed by atoms with E-state index in [0.29, 0.717) is 18.8 Å². The smallest absolute Gasteiger partial charge is 0.258 e. The number of hydrogen-bond donors (Lipinski definition) is 3. The number of aliphatic hydroxyl groups excluding tert-OH is 1. The summed E-state index contributed by atoms with van der Waals surface area (Å²) in [6, 6.07) is 8.98. The van der Waals surface area contributed by atoms with Gasteiger partial charge < -0.3 is 19.8 Å². The van der Waals surface area contributed by atoms with Crippen LogP contribution in [-0.2, 0) is 19.5 Å². The van der Waals surface area contributed by atoms with Gasteiger partial charge >= 0.3 is 0 Å². The first-order valence-corrected chi connectivity index (χ1v) is 10.5. The van der Waals surface area contributed by atoms with Crippen LogP contribution in [0, 0.1) is 0 Å². The molecule has 0 saturated carbocycles. The number of aryl methyl sites for hydroxylation is 1. The second-order valence-electron chi connectivity index (χ2n) is 7.00. The summed E-state index contributed by atoms with van der Waals surface area (Å²) in [5, 5.41) is 27.4. The molecule has 160 valence electrons. The Morgan fingerprint density at radius 3 is 2.70 bits per heavy atom. The minimum absolute atomic E-state index is 0.0442. The van der Waals surface area contributed by atoms with Crippen LogP contribution < -0.4 is 4.74 Å². The van der Waals surface area contributed by atoms with Crippen molar-refractivity contribution >= 4 is 16.8 Å². The Morgan fingerprint density at radius 1 is 1.20 bits per heavy atom. The van der Waals surface area contributed by atoms with E-state index in [-0.39, 0.29) is 30.4 Å². The molecule has 0 unspecified atom stereocenters. The van der Waals surface area contributed by atoms with Crippen molar-refractivity contribution in [2.75, 3.05) is 13.2 Å². The minimum atomic E-state index is -0.211. The van der Waals surface area contributed by atoms with Gasteiger partial charge in [-0.05, 0) is 35.7 Å². The summed E-state index contributed by atoms with van der Waals surface area (Å²) in [5.74, 6) is 0.415. The molecule has 0 saturated heterocycles. The summed E-state index contributed by atoms with van der Waals surface area (Å²) in [6.07, 6.45) is 1.76. The van der Waals surface area contributed by atoms with Gasteiger partial charge in [0.05, 0.1) is 23.4 Å². The lowest BCUT2D eigenvalue weighted by Crippen LogP contribution is -2.25. The second-order valence-corrected chi connectivity index (χ2v) is 7.00. The van der Waals surface area contributed by atoms with Gasteiger partial charge in [-0.25, -0.2) is 0 Å². The average molecular weight is 412 g/mol. The van der Waals surface area contributed by atoms with Gasteiger partial charge in [0.1, 0.15) is 18.1 Å². The third-order valence-electron chi connectivity index (χ3n) is 5.02. The number of carbonyl (C=O) groups is 1. The van der Waals surface area contributed by atoms with Gasteiger partial charge in [-0.3, -0.25) is 9.89 Å². The van der Waals surface area contributed by atoms with Gasteiger partial charge in [-0.2, -0.15) is 5.10 Å². The lowest BCUT2D eigenvalue weighted by atomic mass is 10.1. The number of amides is 1. The third-order valence-corrected chi connectivity index (χ3v) is 5.02. The van der Waals surface area contributed by atoms with Gasteiger partial charge in [-0.1, -0.05) is 33.3 Å². The number of benzene rings is 2. The number of aromatic nitrogens is 2. The maximum atomic E-state index is 13.1. The molecule has 0 fully saturated rings. The molecule has 2 aromatic carbocycles. The van der Waals surface area contributed by atoms with Gasteiger partial charge in [0.15, 0.2) is 0 Å². The van der Waals surface area contributed by atoms with E-state index in [1.54, 1.807) is 17.0 Å².